The van der Waals surface area contributed by atoms with Crippen LogP contribution in [-0.4, -0.2) is 44.7 Å². The van der Waals surface area contributed by atoms with Crippen LogP contribution < -0.4 is 10.6 Å². The topological polar surface area (TPSA) is 70.7 Å². The Morgan fingerprint density at radius 1 is 1.21 bits per heavy atom. The van der Waals surface area contributed by atoms with Crippen molar-refractivity contribution >= 4 is 29.0 Å². The molecule has 0 aliphatic rings. The van der Waals surface area contributed by atoms with Crippen molar-refractivity contribution in [2.24, 2.45) is 0 Å². The largest absolute Gasteiger partial charge is 0.465 e. The van der Waals surface area contributed by atoms with Gasteiger partial charge in [0.25, 0.3) is 0 Å². The molecule has 2 rings (SSSR count). The third-order valence-electron chi connectivity index (χ3n) is 3.57. The smallest absolute Gasteiger partial charge is 0.337 e. The summed E-state index contributed by atoms with van der Waals surface area (Å²) in [6.45, 7) is 0.496. The first-order valence-electron chi connectivity index (χ1n) is 7.43. The van der Waals surface area contributed by atoms with Crippen molar-refractivity contribution in [3.8, 4) is 0 Å². The quantitative estimate of drug-likeness (QED) is 0.788. The third kappa shape index (κ3) is 4.81. The Labute approximate surface area is 145 Å². The molecule has 6 nitrogen and oxygen atoms in total. The third-order valence-corrected chi connectivity index (χ3v) is 4.27. The van der Waals surface area contributed by atoms with Gasteiger partial charge in [0.15, 0.2) is 0 Å². The zero-order chi connectivity index (χ0) is 17.5. The first-order chi connectivity index (χ1) is 11.5. The minimum atomic E-state index is -0.407. The fourth-order valence-electron chi connectivity index (χ4n) is 2.24. The van der Waals surface area contributed by atoms with E-state index < -0.39 is 5.97 Å². The molecule has 1 unspecified atom stereocenters. The van der Waals surface area contributed by atoms with Gasteiger partial charge in [0, 0.05) is 12.2 Å². The molecule has 0 aliphatic carbocycles. The minimum Gasteiger partial charge on any atom is -0.465 e. The molecule has 1 heterocycles. The van der Waals surface area contributed by atoms with E-state index >= 15 is 0 Å². The normalized spacial score (nSPS) is 11.8. The van der Waals surface area contributed by atoms with E-state index in [1.807, 2.05) is 19.5 Å². The van der Waals surface area contributed by atoms with Crippen molar-refractivity contribution in [2.75, 3.05) is 33.1 Å². The number of methoxy groups -OCH3 is 1. The van der Waals surface area contributed by atoms with Gasteiger partial charge in [-0.3, -0.25) is 0 Å². The van der Waals surface area contributed by atoms with E-state index in [-0.39, 0.29) is 12.1 Å². The summed E-state index contributed by atoms with van der Waals surface area (Å²) >= 11 is 1.63. The van der Waals surface area contributed by atoms with Crippen LogP contribution in [0.1, 0.15) is 22.0 Å². The first-order valence-corrected chi connectivity index (χ1v) is 8.37. The van der Waals surface area contributed by atoms with E-state index in [4.69, 9.17) is 0 Å². The predicted octanol–water partition coefficient (Wildman–Crippen LogP) is 2.96. The second-order valence-electron chi connectivity index (χ2n) is 5.44. The highest BCUT2D eigenvalue weighted by Gasteiger charge is 2.15. The number of amides is 2. The molecule has 0 spiro atoms. The highest BCUT2D eigenvalue weighted by molar-refractivity contribution is 7.07. The van der Waals surface area contributed by atoms with E-state index in [9.17, 15) is 9.59 Å². The predicted molar refractivity (Wildman–Crippen MR) is 95.5 cm³/mol. The molecule has 24 heavy (non-hydrogen) atoms. The SMILES string of the molecule is COC(=O)c1ccc(NC(=O)NCC(c2ccsc2)N(C)C)cc1. The fourth-order valence-corrected chi connectivity index (χ4v) is 2.94. The van der Waals surface area contributed by atoms with E-state index in [0.29, 0.717) is 17.8 Å². The maximum absolute atomic E-state index is 12.1. The summed E-state index contributed by atoms with van der Waals surface area (Å²) in [6.07, 6.45) is 0. The monoisotopic (exact) mass is 347 g/mol. The number of likely N-dealkylation sites (N-methyl/N-ethyl adjacent to an activating group) is 1. The Balaban J connectivity index is 1.89. The average Bonchev–Trinajstić information content (AvgIpc) is 3.09. The number of urea groups is 1. The number of benzene rings is 1. The van der Waals surface area contributed by atoms with Crippen LogP contribution in [0.4, 0.5) is 10.5 Å². The van der Waals surface area contributed by atoms with Crippen molar-refractivity contribution in [3.05, 3.63) is 52.2 Å². The van der Waals surface area contributed by atoms with Gasteiger partial charge in [-0.05, 0) is 60.8 Å². The molecule has 2 amide bonds. The summed E-state index contributed by atoms with van der Waals surface area (Å²) in [6, 6.07) is 8.42. The number of rotatable bonds is 6. The minimum absolute atomic E-state index is 0.115. The lowest BCUT2D eigenvalue weighted by molar-refractivity contribution is 0.0601. The van der Waals surface area contributed by atoms with Gasteiger partial charge in [0.05, 0.1) is 18.7 Å². The highest BCUT2D eigenvalue weighted by Crippen LogP contribution is 2.20. The number of carbonyl (C=O) groups excluding carboxylic acids is 2. The van der Waals surface area contributed by atoms with Crippen LogP contribution >= 0.6 is 11.3 Å². The van der Waals surface area contributed by atoms with Crippen LogP contribution in [0.3, 0.4) is 0 Å². The molecule has 0 saturated carbocycles. The molecule has 1 atom stereocenters. The molecule has 0 saturated heterocycles. The molecule has 0 fully saturated rings. The average molecular weight is 347 g/mol. The van der Waals surface area contributed by atoms with Gasteiger partial charge in [-0.2, -0.15) is 11.3 Å². The molecule has 0 aliphatic heterocycles. The zero-order valence-electron chi connectivity index (χ0n) is 13.9. The standard InChI is InChI=1S/C17H21N3O3S/c1-20(2)15(13-8-9-24-11-13)10-18-17(22)19-14-6-4-12(5-7-14)16(21)23-3/h4-9,11,15H,10H2,1-3H3,(H2,18,19,22). The van der Waals surface area contributed by atoms with Crippen molar-refractivity contribution < 1.29 is 14.3 Å². The van der Waals surface area contributed by atoms with E-state index in [1.165, 1.54) is 12.7 Å². The Kier molecular flexibility index (Phi) is 6.34. The maximum atomic E-state index is 12.1. The summed E-state index contributed by atoms with van der Waals surface area (Å²) in [4.78, 5) is 25.5. The number of carbonyl (C=O) groups is 2. The van der Waals surface area contributed by atoms with Gasteiger partial charge < -0.3 is 20.3 Å². The van der Waals surface area contributed by atoms with Crippen LogP contribution in [0.25, 0.3) is 0 Å². The van der Waals surface area contributed by atoms with Crippen LogP contribution in [0.2, 0.25) is 0 Å². The number of hydrogen-bond acceptors (Lipinski definition) is 5. The van der Waals surface area contributed by atoms with Crippen molar-refractivity contribution in [2.45, 2.75) is 6.04 Å². The lowest BCUT2D eigenvalue weighted by atomic mass is 10.1. The molecule has 1 aromatic heterocycles. The first kappa shape index (κ1) is 18.0. The Bertz CT molecular complexity index is 669. The van der Waals surface area contributed by atoms with E-state index in [0.717, 1.165) is 0 Å². The van der Waals surface area contributed by atoms with Crippen LogP contribution in [0.15, 0.2) is 41.1 Å². The fraction of sp³-hybridized carbons (Fsp3) is 0.294. The molecule has 0 bridgehead atoms. The summed E-state index contributed by atoms with van der Waals surface area (Å²) in [7, 11) is 5.29. The van der Waals surface area contributed by atoms with Crippen LogP contribution in [0, 0.1) is 0 Å². The molecular weight excluding hydrogens is 326 g/mol. The van der Waals surface area contributed by atoms with Gasteiger partial charge in [0.1, 0.15) is 0 Å². The van der Waals surface area contributed by atoms with Crippen molar-refractivity contribution in [1.82, 2.24) is 10.2 Å². The zero-order valence-corrected chi connectivity index (χ0v) is 14.7. The molecule has 7 heteroatoms. The highest BCUT2D eigenvalue weighted by atomic mass is 32.1. The second-order valence-corrected chi connectivity index (χ2v) is 6.22. The Morgan fingerprint density at radius 3 is 2.46 bits per heavy atom. The van der Waals surface area contributed by atoms with E-state index in [1.54, 1.807) is 35.6 Å². The Morgan fingerprint density at radius 2 is 1.92 bits per heavy atom. The summed E-state index contributed by atoms with van der Waals surface area (Å²) in [5.74, 6) is -0.407. The number of nitrogens with zero attached hydrogens (tertiary/aromatic N) is 1. The number of anilines is 1. The number of thiophene rings is 1. The lowest BCUT2D eigenvalue weighted by Crippen LogP contribution is -2.36. The molecule has 2 aromatic rings. The summed E-state index contributed by atoms with van der Waals surface area (Å²) < 4.78 is 4.64. The van der Waals surface area contributed by atoms with Crippen molar-refractivity contribution in [3.63, 3.8) is 0 Å². The lowest BCUT2D eigenvalue weighted by Gasteiger charge is -2.24. The van der Waals surface area contributed by atoms with Gasteiger partial charge >= 0.3 is 12.0 Å². The van der Waals surface area contributed by atoms with Gasteiger partial charge in [-0.1, -0.05) is 0 Å². The van der Waals surface area contributed by atoms with E-state index in [2.05, 4.69) is 31.7 Å². The van der Waals surface area contributed by atoms with Gasteiger partial charge in [-0.25, -0.2) is 9.59 Å². The maximum Gasteiger partial charge on any atom is 0.337 e. The van der Waals surface area contributed by atoms with Gasteiger partial charge in [-0.15, -0.1) is 0 Å². The number of esters is 1. The Hall–Kier alpha value is -2.38. The summed E-state index contributed by atoms with van der Waals surface area (Å²) in [5.41, 5.74) is 2.22. The number of hydrogen-bond donors (Lipinski definition) is 2. The summed E-state index contributed by atoms with van der Waals surface area (Å²) in [5, 5.41) is 9.72. The molecule has 2 N–H and O–H groups in total. The number of nitrogens with one attached hydrogen (secondary N) is 2. The van der Waals surface area contributed by atoms with Crippen LogP contribution in [-0.2, 0) is 4.74 Å². The molecular formula is C17H21N3O3S. The van der Waals surface area contributed by atoms with Gasteiger partial charge in [0.2, 0.25) is 0 Å². The second kappa shape index (κ2) is 8.47. The van der Waals surface area contributed by atoms with Crippen molar-refractivity contribution in [1.29, 1.82) is 0 Å². The molecule has 0 radical (unpaired) electrons. The molecule has 128 valence electrons. The molecule has 1 aromatic carbocycles. The van der Waals surface area contributed by atoms with Crippen LogP contribution in [0.5, 0.6) is 0 Å². The number of ether oxygens (including phenoxy) is 1.